The molecule has 1 atom stereocenters. The van der Waals surface area contributed by atoms with Crippen molar-refractivity contribution in [2.75, 3.05) is 26.7 Å². The van der Waals surface area contributed by atoms with Crippen LogP contribution in [0, 0.1) is 11.8 Å². The molecule has 1 aliphatic heterocycles. The number of nitrogens with one attached hydrogen (secondary N) is 1. The third kappa shape index (κ3) is 5.86. The maximum absolute atomic E-state index is 12.6. The van der Waals surface area contributed by atoms with E-state index in [-0.39, 0.29) is 36.2 Å². The average Bonchev–Trinajstić information content (AvgIpc) is 2.62. The maximum atomic E-state index is 12.6. The van der Waals surface area contributed by atoms with Crippen LogP contribution >= 0.6 is 0 Å². The van der Waals surface area contributed by atoms with Crippen LogP contribution in [0.15, 0.2) is 11.6 Å². The highest BCUT2D eigenvalue weighted by atomic mass is 16.4. The molecule has 0 aromatic heterocycles. The van der Waals surface area contributed by atoms with Crippen molar-refractivity contribution in [3.63, 3.8) is 0 Å². The molecule has 1 saturated heterocycles. The summed E-state index contributed by atoms with van der Waals surface area (Å²) in [6.45, 7) is 6.37. The lowest BCUT2D eigenvalue weighted by Crippen LogP contribution is -2.44. The second-order valence-corrected chi connectivity index (χ2v) is 6.99. The lowest BCUT2D eigenvalue weighted by Gasteiger charge is -2.32. The molecule has 0 spiro atoms. The third-order valence-corrected chi connectivity index (χ3v) is 4.75. The normalized spacial score (nSPS) is 17.0. The number of aliphatic carboxylic acids is 1. The molecule has 0 aliphatic carbocycles. The number of piperidine rings is 1. The van der Waals surface area contributed by atoms with Gasteiger partial charge in [0.25, 0.3) is 0 Å². The number of hydrogen-bond donors (Lipinski definition) is 2. The first-order valence-corrected chi connectivity index (χ1v) is 8.82. The minimum atomic E-state index is -0.812. The van der Waals surface area contributed by atoms with E-state index in [9.17, 15) is 19.2 Å². The second-order valence-electron chi connectivity index (χ2n) is 6.99. The van der Waals surface area contributed by atoms with Crippen molar-refractivity contribution in [1.82, 2.24) is 15.1 Å². The highest BCUT2D eigenvalue weighted by molar-refractivity contribution is 5.93. The second kappa shape index (κ2) is 9.94. The Kier molecular flexibility index (Phi) is 8.28. The quantitative estimate of drug-likeness (QED) is 0.479. The summed E-state index contributed by atoms with van der Waals surface area (Å²) in [7, 11) is 1.64. The molecule has 26 heavy (non-hydrogen) atoms. The molecular weight excluding hydrogens is 338 g/mol. The Morgan fingerprint density at radius 3 is 2.31 bits per heavy atom. The molecule has 0 aromatic rings. The van der Waals surface area contributed by atoms with E-state index in [1.165, 1.54) is 4.90 Å². The number of rotatable bonds is 8. The minimum Gasteiger partial charge on any atom is -0.481 e. The minimum absolute atomic E-state index is 0.0840. The number of carbonyl (C=O) groups is 4. The van der Waals surface area contributed by atoms with Crippen LogP contribution < -0.4 is 5.32 Å². The van der Waals surface area contributed by atoms with Gasteiger partial charge in [-0.05, 0) is 25.7 Å². The summed E-state index contributed by atoms with van der Waals surface area (Å²) in [6, 6.07) is -0.281. The lowest BCUT2D eigenvalue weighted by atomic mass is 9.96. The van der Waals surface area contributed by atoms with Crippen LogP contribution in [0.4, 0.5) is 0 Å². The zero-order valence-electron chi connectivity index (χ0n) is 15.9. The van der Waals surface area contributed by atoms with E-state index in [1.54, 1.807) is 24.9 Å². The molecule has 3 amide bonds. The molecule has 0 unspecified atom stereocenters. The molecule has 1 heterocycles. The van der Waals surface area contributed by atoms with Crippen LogP contribution in [-0.4, -0.2) is 71.8 Å². The first kappa shape index (κ1) is 21.7. The number of nitrogens with zero attached hydrogens (tertiary/aromatic N) is 2. The van der Waals surface area contributed by atoms with E-state index in [0.717, 1.165) is 0 Å². The summed E-state index contributed by atoms with van der Waals surface area (Å²) in [5.74, 6) is -1.49. The van der Waals surface area contributed by atoms with Crippen LogP contribution in [-0.2, 0) is 19.2 Å². The highest BCUT2D eigenvalue weighted by Crippen LogP contribution is 2.20. The van der Waals surface area contributed by atoms with E-state index in [1.807, 2.05) is 13.8 Å². The Labute approximate surface area is 154 Å². The first-order valence-electron chi connectivity index (χ1n) is 8.82. The van der Waals surface area contributed by atoms with Gasteiger partial charge in [-0.1, -0.05) is 19.9 Å². The third-order valence-electron chi connectivity index (χ3n) is 4.75. The summed E-state index contributed by atoms with van der Waals surface area (Å²) >= 11 is 0. The van der Waals surface area contributed by atoms with E-state index >= 15 is 0 Å². The largest absolute Gasteiger partial charge is 0.481 e. The summed E-state index contributed by atoms with van der Waals surface area (Å²) in [5.41, 5.74) is 0.528. The Hall–Kier alpha value is -2.38. The smallest absolute Gasteiger partial charge is 0.306 e. The molecule has 2 N–H and O–H groups in total. The van der Waals surface area contributed by atoms with Gasteiger partial charge in [-0.15, -0.1) is 0 Å². The fourth-order valence-electron chi connectivity index (χ4n) is 3.08. The van der Waals surface area contributed by atoms with Gasteiger partial charge in [0.15, 0.2) is 0 Å². The van der Waals surface area contributed by atoms with Crippen molar-refractivity contribution in [2.45, 2.75) is 39.7 Å². The van der Waals surface area contributed by atoms with Crippen LogP contribution in [0.1, 0.15) is 33.6 Å². The highest BCUT2D eigenvalue weighted by Gasteiger charge is 2.28. The Morgan fingerprint density at radius 1 is 1.27 bits per heavy atom. The van der Waals surface area contributed by atoms with Crippen LogP contribution in [0.25, 0.3) is 0 Å². The molecule has 1 fully saturated rings. The Balaban J connectivity index is 2.79. The zero-order valence-corrected chi connectivity index (χ0v) is 15.9. The predicted octanol–water partition coefficient (Wildman–Crippen LogP) is 0.485. The lowest BCUT2D eigenvalue weighted by molar-refractivity contribution is -0.145. The van der Waals surface area contributed by atoms with Gasteiger partial charge < -0.3 is 20.2 Å². The van der Waals surface area contributed by atoms with E-state index in [2.05, 4.69) is 5.32 Å². The van der Waals surface area contributed by atoms with Crippen molar-refractivity contribution in [2.24, 2.45) is 11.8 Å². The molecule has 0 aromatic carbocycles. The van der Waals surface area contributed by atoms with Crippen LogP contribution in [0.2, 0.25) is 0 Å². The van der Waals surface area contributed by atoms with Gasteiger partial charge >= 0.3 is 5.97 Å². The van der Waals surface area contributed by atoms with Crippen molar-refractivity contribution in [1.29, 1.82) is 0 Å². The molecule has 146 valence electrons. The predicted molar refractivity (Wildman–Crippen MR) is 96.2 cm³/mol. The number of carboxylic acid groups (broad SMARTS) is 1. The van der Waals surface area contributed by atoms with E-state index in [4.69, 9.17) is 5.11 Å². The molecule has 8 nitrogen and oxygen atoms in total. The van der Waals surface area contributed by atoms with Crippen LogP contribution in [0.5, 0.6) is 0 Å². The van der Waals surface area contributed by atoms with E-state index in [0.29, 0.717) is 37.9 Å². The van der Waals surface area contributed by atoms with Crippen molar-refractivity contribution < 1.29 is 24.3 Å². The molecule has 8 heteroatoms. The standard InChI is InChI=1S/C18H29N3O5/c1-12(2)15(20(4)16(23)10-19-11-22)9-13(3)17(24)21-7-5-14(6-8-21)18(25)26/h9,11-12,14-15H,5-8,10H2,1-4H3,(H,19,22)(H,25,26)/t15-/m1/s1. The van der Waals surface area contributed by atoms with Gasteiger partial charge in [0.05, 0.1) is 18.5 Å². The topological polar surface area (TPSA) is 107 Å². The molecule has 0 radical (unpaired) electrons. The average molecular weight is 367 g/mol. The Bertz CT molecular complexity index is 565. The number of likely N-dealkylation sites (tertiary alicyclic amines) is 1. The monoisotopic (exact) mass is 367 g/mol. The van der Waals surface area contributed by atoms with Crippen molar-refractivity contribution in [3.05, 3.63) is 11.6 Å². The van der Waals surface area contributed by atoms with Gasteiger partial charge in [-0.2, -0.15) is 0 Å². The first-order chi connectivity index (χ1) is 12.2. The molecule has 0 bridgehead atoms. The summed E-state index contributed by atoms with van der Waals surface area (Å²) < 4.78 is 0. The van der Waals surface area contributed by atoms with Gasteiger partial charge in [-0.25, -0.2) is 0 Å². The SMILES string of the molecule is CC(=C[C@H](C(C)C)N(C)C(=O)CNC=O)C(=O)N1CCC(C(=O)O)CC1. The molecular formula is C18H29N3O5. The van der Waals surface area contributed by atoms with Gasteiger partial charge in [0.1, 0.15) is 0 Å². The number of amides is 3. The zero-order chi connectivity index (χ0) is 19.9. The van der Waals surface area contributed by atoms with Gasteiger partial charge in [0, 0.05) is 25.7 Å². The number of likely N-dealkylation sites (N-methyl/N-ethyl adjacent to an activating group) is 1. The fraction of sp³-hybridized carbons (Fsp3) is 0.667. The van der Waals surface area contributed by atoms with Crippen molar-refractivity contribution >= 4 is 24.2 Å². The fourth-order valence-corrected chi connectivity index (χ4v) is 3.08. The van der Waals surface area contributed by atoms with Gasteiger partial charge in [-0.3, -0.25) is 19.2 Å². The maximum Gasteiger partial charge on any atom is 0.306 e. The Morgan fingerprint density at radius 2 is 1.85 bits per heavy atom. The summed E-state index contributed by atoms with van der Waals surface area (Å²) in [4.78, 5) is 49.3. The summed E-state index contributed by atoms with van der Waals surface area (Å²) in [5, 5.41) is 11.4. The molecule has 0 saturated carbocycles. The number of hydrogen-bond acceptors (Lipinski definition) is 4. The number of carbonyl (C=O) groups excluding carboxylic acids is 3. The molecule has 1 aliphatic rings. The number of carboxylic acids is 1. The van der Waals surface area contributed by atoms with E-state index < -0.39 is 5.97 Å². The van der Waals surface area contributed by atoms with Gasteiger partial charge in [0.2, 0.25) is 18.2 Å². The van der Waals surface area contributed by atoms with Crippen LogP contribution in [0.3, 0.4) is 0 Å². The summed E-state index contributed by atoms with van der Waals surface area (Å²) in [6.07, 6.45) is 3.16. The molecule has 1 rings (SSSR count). The van der Waals surface area contributed by atoms with Crippen molar-refractivity contribution in [3.8, 4) is 0 Å².